The number of ether oxygens (including phenoxy) is 3. The highest BCUT2D eigenvalue weighted by atomic mass is 32.2. The van der Waals surface area contributed by atoms with Crippen LogP contribution in [0.4, 0.5) is 74.6 Å². The number of benzene rings is 4. The molecule has 0 amide bonds. The van der Waals surface area contributed by atoms with Crippen LogP contribution in [-0.2, 0) is 14.2 Å². The highest BCUT2D eigenvalue weighted by Crippen LogP contribution is 2.49. The SMILES string of the molecule is OC[C@H]1O[C@@H](Sc2c(F)c(F)c(-c3c4nc(c(-c5c(F)c(F)c(S[C@@H]6O[C@H](CO)[C@H](O)[C@H](O)[C@@H]6O)c(F)c5F)c5ccc([nH]5)c(-c5c(F)c(F)c(S[C@@H]6O[C@H](CO)[C@H](O)[C@H](O)[C@@H]6O)c(F)c5F)c5nc(c(-c6c(F)c(F)c(F)c(F)c6F)c6ccc3[nH]6)C=C5)C=C4)c(F)c2F)[C@@H](O)[C@@H](O)[C@H]1O. The molecular formula is C62H43F17N4O15S3. The van der Waals surface area contributed by atoms with Crippen molar-refractivity contribution >= 4 is 81.7 Å². The molecule has 0 spiro atoms. The quantitative estimate of drug-likeness (QED) is 0.0304. The van der Waals surface area contributed by atoms with Crippen LogP contribution in [0, 0.1) is 98.9 Å². The number of nitrogens with zero attached hydrogens (tertiary/aromatic N) is 2. The number of thioether (sulfide) groups is 3. The molecule has 538 valence electrons. The van der Waals surface area contributed by atoms with Gasteiger partial charge in [0.2, 0.25) is 5.82 Å². The minimum Gasteiger partial charge on any atom is -0.394 e. The maximum absolute atomic E-state index is 17.4. The van der Waals surface area contributed by atoms with E-state index in [-0.39, 0.29) is 35.3 Å². The van der Waals surface area contributed by atoms with E-state index in [4.69, 9.17) is 14.2 Å². The van der Waals surface area contributed by atoms with Crippen LogP contribution in [0.5, 0.6) is 0 Å². The zero-order chi connectivity index (χ0) is 73.3. The van der Waals surface area contributed by atoms with Gasteiger partial charge in [-0.2, -0.15) is 0 Å². The molecule has 0 radical (unpaired) electrons. The van der Waals surface area contributed by atoms with Gasteiger partial charge in [-0.15, -0.1) is 0 Å². The summed E-state index contributed by atoms with van der Waals surface area (Å²) in [7, 11) is 0. The summed E-state index contributed by atoms with van der Waals surface area (Å²) in [5.41, 5.74) is -27.8. The number of hydrogen-bond donors (Lipinski definition) is 14. The molecule has 3 fully saturated rings. The molecule has 15 atom stereocenters. The lowest BCUT2D eigenvalue weighted by molar-refractivity contribution is -0.205. The summed E-state index contributed by atoms with van der Waals surface area (Å²) in [6, 6.07) is 2.48. The number of nitrogens with one attached hydrogen (secondary N) is 2. The first kappa shape index (κ1) is 73.5. The van der Waals surface area contributed by atoms with E-state index in [2.05, 4.69) is 19.9 Å². The van der Waals surface area contributed by atoms with Crippen LogP contribution in [0.3, 0.4) is 0 Å². The van der Waals surface area contributed by atoms with Crippen molar-refractivity contribution in [3.05, 3.63) is 146 Å². The Labute approximate surface area is 564 Å². The van der Waals surface area contributed by atoms with Gasteiger partial charge in [-0.1, -0.05) is 35.3 Å². The largest absolute Gasteiger partial charge is 0.394 e. The van der Waals surface area contributed by atoms with Crippen molar-refractivity contribution in [1.29, 1.82) is 0 Å². The van der Waals surface area contributed by atoms with Crippen LogP contribution in [0.2, 0.25) is 0 Å². The van der Waals surface area contributed by atoms with Crippen molar-refractivity contribution in [2.45, 2.75) is 104 Å². The number of aromatic amines is 2. The van der Waals surface area contributed by atoms with Crippen molar-refractivity contribution in [3.8, 4) is 44.5 Å². The van der Waals surface area contributed by atoms with Gasteiger partial charge in [-0.3, -0.25) is 0 Å². The van der Waals surface area contributed by atoms with Crippen molar-refractivity contribution < 1.29 is 150 Å². The van der Waals surface area contributed by atoms with Gasteiger partial charge < -0.3 is 85.5 Å². The molecule has 3 saturated heterocycles. The van der Waals surface area contributed by atoms with Crippen LogP contribution < -0.4 is 0 Å². The molecule has 39 heteroatoms. The third-order valence-corrected chi connectivity index (χ3v) is 20.5. The number of hydrogen-bond acceptors (Lipinski definition) is 20. The highest BCUT2D eigenvalue weighted by molar-refractivity contribution is 8.00. The summed E-state index contributed by atoms with van der Waals surface area (Å²) in [6.07, 6.45) is -22.9. The third kappa shape index (κ3) is 12.1. The van der Waals surface area contributed by atoms with Gasteiger partial charge in [0.15, 0.2) is 93.1 Å². The van der Waals surface area contributed by atoms with Gasteiger partial charge in [0.05, 0.1) is 79.5 Å². The molecule has 101 heavy (non-hydrogen) atoms. The van der Waals surface area contributed by atoms with Crippen molar-refractivity contribution in [2.75, 3.05) is 19.8 Å². The second kappa shape index (κ2) is 28.1. The maximum atomic E-state index is 17.4. The lowest BCUT2D eigenvalue weighted by Crippen LogP contribution is -2.57. The zero-order valence-electron chi connectivity index (χ0n) is 49.5. The Morgan fingerprint density at radius 2 is 0.475 bits per heavy atom. The normalized spacial score (nSPS) is 26.0. The molecule has 0 aliphatic carbocycles. The Morgan fingerprint density at radius 3 is 0.683 bits per heavy atom. The minimum atomic E-state index is -2.77. The highest BCUT2D eigenvalue weighted by Gasteiger charge is 2.49. The van der Waals surface area contributed by atoms with E-state index in [9.17, 15) is 65.7 Å². The summed E-state index contributed by atoms with van der Waals surface area (Å²) in [4.78, 5) is 7.85. The first-order chi connectivity index (χ1) is 47.8. The number of aliphatic hydroxyl groups excluding tert-OH is 12. The molecule has 4 aromatic carbocycles. The fourth-order valence-corrected chi connectivity index (χ4v) is 15.1. The number of halogens is 17. The predicted molar refractivity (Wildman–Crippen MR) is 319 cm³/mol. The minimum absolute atomic E-state index is 0.356. The first-order valence-electron chi connectivity index (χ1n) is 29.0. The second-order valence-corrected chi connectivity index (χ2v) is 26.1. The summed E-state index contributed by atoms with van der Waals surface area (Å²) < 4.78 is 300. The lowest BCUT2D eigenvalue weighted by Gasteiger charge is -2.39. The van der Waals surface area contributed by atoms with Gasteiger partial charge in [0.25, 0.3) is 0 Å². The summed E-state index contributed by atoms with van der Waals surface area (Å²) in [5.74, 6) is -42.7. The van der Waals surface area contributed by atoms with E-state index < -0.39 is 312 Å². The Hall–Kier alpha value is -7.26. The monoisotopic (exact) mass is 1500 g/mol. The molecule has 12 rings (SSSR count). The van der Waals surface area contributed by atoms with E-state index in [1.165, 1.54) is 0 Å². The second-order valence-electron chi connectivity index (χ2n) is 22.8. The molecule has 5 aliphatic heterocycles. The predicted octanol–water partition coefficient (Wildman–Crippen LogP) is 7.36. The van der Waals surface area contributed by atoms with E-state index >= 15 is 70.2 Å². The third-order valence-electron chi connectivity index (χ3n) is 16.9. The fraction of sp³-hybridized carbons (Fsp3) is 0.290. The molecule has 0 unspecified atom stereocenters. The topological polar surface area (TPSA) is 328 Å². The molecule has 3 aromatic heterocycles. The smallest absolute Gasteiger partial charge is 0.200 e. The number of rotatable bonds is 13. The molecule has 5 aliphatic rings. The maximum Gasteiger partial charge on any atom is 0.200 e. The summed E-state index contributed by atoms with van der Waals surface area (Å²) in [5, 5.41) is 123. The summed E-state index contributed by atoms with van der Waals surface area (Å²) >= 11 is -1.07. The molecule has 8 heterocycles. The lowest BCUT2D eigenvalue weighted by atomic mass is 10.0. The average Bonchev–Trinajstić information content (AvgIpc) is 1.71. The van der Waals surface area contributed by atoms with Crippen LogP contribution in [0.15, 0.2) is 39.0 Å². The molecule has 8 bridgehead atoms. The van der Waals surface area contributed by atoms with Gasteiger partial charge in [0.1, 0.15) is 89.6 Å². The molecule has 14 N–H and O–H groups in total. The number of aromatic nitrogens is 4. The fourth-order valence-electron chi connectivity index (χ4n) is 11.7. The van der Waals surface area contributed by atoms with Gasteiger partial charge in [-0.25, -0.2) is 84.6 Å². The molecular weight excluding hydrogens is 1460 g/mol. The van der Waals surface area contributed by atoms with E-state index in [1.54, 1.807) is 0 Å². The molecule has 7 aromatic rings. The van der Waals surface area contributed by atoms with Crippen LogP contribution in [-0.4, -0.2) is 191 Å². The van der Waals surface area contributed by atoms with Crippen LogP contribution in [0.25, 0.3) is 90.9 Å². The first-order valence-corrected chi connectivity index (χ1v) is 31.6. The standard InChI is InChI=1S/C62H43F17N4O15S3/c63-31-27(32(64)40(72)41(73)39(31)71)23-12-1-3-14(80-12)24(28-33(65)42(74)57(43(75)34(28)66)99-60-54(93)51(90)48(87)20(9-84)96-60)16-5-7-18(82-16)26(30-37(69)46(78)59(47(79)38(30)70)101-62-56(95)53(92)50(89)22(11-86)98-62)19-8-6-17(83-19)25(15-4-2-13(23)81-15)29-35(67)44(76)58(45(77)36(29)68)100-61-55(94)52(91)49(88)21(10-85)97-61/h1-8,20-22,48-56,60-62,80,83-95H,9-11H2/t20-,21-,22-,48+,49+,50+,51+,52+,53+,54+,55+,56+,60+,61+,62+/m1/s1. The average molecular weight is 1500 g/mol. The molecule has 0 saturated carbocycles. The van der Waals surface area contributed by atoms with Crippen molar-refractivity contribution in [1.82, 2.24) is 19.9 Å². The van der Waals surface area contributed by atoms with Crippen molar-refractivity contribution in [3.63, 3.8) is 0 Å². The number of fused-ring (bicyclic) bond motifs is 8. The van der Waals surface area contributed by atoms with E-state index in [0.29, 0.717) is 48.6 Å². The van der Waals surface area contributed by atoms with Gasteiger partial charge >= 0.3 is 0 Å². The Morgan fingerprint density at radius 1 is 0.277 bits per heavy atom. The molecule has 19 nitrogen and oxygen atoms in total. The Bertz CT molecular complexity index is 4590. The van der Waals surface area contributed by atoms with E-state index in [1.807, 2.05) is 0 Å². The van der Waals surface area contributed by atoms with Gasteiger partial charge in [-0.05, 0) is 48.6 Å². The van der Waals surface area contributed by atoms with Crippen LogP contribution in [0.1, 0.15) is 22.8 Å². The van der Waals surface area contributed by atoms with Gasteiger partial charge in [0, 0.05) is 44.3 Å². The number of H-pyrrole nitrogens is 2. The number of aliphatic hydroxyl groups is 12. The Balaban J connectivity index is 1.19. The summed E-state index contributed by atoms with van der Waals surface area (Å²) in [6.45, 7) is -3.36. The van der Waals surface area contributed by atoms with Crippen LogP contribution >= 0.6 is 35.3 Å². The zero-order valence-corrected chi connectivity index (χ0v) is 52.0. The van der Waals surface area contributed by atoms with Crippen molar-refractivity contribution in [2.24, 2.45) is 0 Å². The Kier molecular flexibility index (Phi) is 20.4. The van der Waals surface area contributed by atoms with E-state index in [0.717, 1.165) is 0 Å².